The van der Waals surface area contributed by atoms with Gasteiger partial charge in [-0.25, -0.2) is 0 Å². The van der Waals surface area contributed by atoms with Crippen molar-refractivity contribution >= 4 is 0 Å². The van der Waals surface area contributed by atoms with E-state index < -0.39 is 55.3 Å². The highest BCUT2D eigenvalue weighted by Gasteiger charge is 2.50. The van der Waals surface area contributed by atoms with Gasteiger partial charge in [0, 0.05) is 6.61 Å². The lowest BCUT2D eigenvalue weighted by Gasteiger charge is -2.40. The topological polar surface area (TPSA) is 179 Å². The molecule has 7 N–H and O–H groups in total. The molecule has 2 aliphatic rings. The predicted molar refractivity (Wildman–Crippen MR) is 98.3 cm³/mol. The Morgan fingerprint density at radius 3 is 2.27 bits per heavy atom. The zero-order chi connectivity index (χ0) is 21.9. The van der Waals surface area contributed by atoms with E-state index in [1.54, 1.807) is 24.3 Å². The minimum absolute atomic E-state index is 0.00548. The summed E-state index contributed by atoms with van der Waals surface area (Å²) in [5.74, 6) is 0.339. The number of hydrogen-bond acceptors (Lipinski definition) is 11. The second-order valence-corrected chi connectivity index (χ2v) is 7.47. The highest BCUT2D eigenvalue weighted by molar-refractivity contribution is 5.27. The molecule has 8 atom stereocenters. The fraction of sp³-hybridized carbons (Fsp3) is 0.684. The molecule has 2 fully saturated rings. The van der Waals surface area contributed by atoms with Crippen LogP contribution in [-0.2, 0) is 20.6 Å². The zero-order valence-electron chi connectivity index (χ0n) is 16.1. The molecule has 0 aromatic heterocycles. The molecule has 11 heteroatoms. The monoisotopic (exact) mass is 432 g/mol. The maximum Gasteiger partial charge on any atom is 0.229 e. The van der Waals surface area contributed by atoms with Gasteiger partial charge in [0.15, 0.2) is 6.29 Å². The Labute approximate surface area is 172 Å². The molecular formula is C19H28O11. The molecule has 0 saturated carbocycles. The highest BCUT2D eigenvalue weighted by Crippen LogP contribution is 2.28. The Balaban J connectivity index is 1.60. The lowest BCUT2D eigenvalue weighted by molar-refractivity contribution is -0.289. The lowest BCUT2D eigenvalue weighted by Crippen LogP contribution is -2.60. The van der Waals surface area contributed by atoms with Crippen LogP contribution in [0.3, 0.4) is 0 Å². The largest absolute Gasteiger partial charge is 0.462 e. The first-order valence-corrected chi connectivity index (χ1v) is 9.59. The van der Waals surface area contributed by atoms with E-state index in [0.717, 1.165) is 5.56 Å². The lowest BCUT2D eigenvalue weighted by atomic mass is 9.99. The first-order valence-electron chi connectivity index (χ1n) is 9.59. The van der Waals surface area contributed by atoms with Crippen LogP contribution in [0, 0.1) is 0 Å². The fourth-order valence-corrected chi connectivity index (χ4v) is 3.27. The second kappa shape index (κ2) is 9.83. The van der Waals surface area contributed by atoms with Crippen molar-refractivity contribution in [1.29, 1.82) is 0 Å². The van der Waals surface area contributed by atoms with Crippen LogP contribution < -0.4 is 4.74 Å². The molecule has 0 unspecified atom stereocenters. The van der Waals surface area contributed by atoms with Crippen LogP contribution in [0.1, 0.15) is 5.56 Å². The maximum absolute atomic E-state index is 10.2. The van der Waals surface area contributed by atoms with Gasteiger partial charge in [-0.15, -0.1) is 0 Å². The minimum atomic E-state index is -1.86. The normalized spacial score (nSPS) is 39.2. The minimum Gasteiger partial charge on any atom is -0.462 e. The van der Waals surface area contributed by atoms with Crippen LogP contribution in [0.4, 0.5) is 0 Å². The van der Waals surface area contributed by atoms with Gasteiger partial charge in [0.05, 0.1) is 19.8 Å². The van der Waals surface area contributed by atoms with Crippen molar-refractivity contribution in [3.8, 4) is 5.75 Å². The molecule has 0 amide bonds. The van der Waals surface area contributed by atoms with Crippen molar-refractivity contribution in [1.82, 2.24) is 0 Å². The fourth-order valence-electron chi connectivity index (χ4n) is 3.27. The molecule has 0 radical (unpaired) electrons. The Hall–Kier alpha value is -1.38. The number of rotatable bonds is 8. The number of aliphatic hydroxyl groups excluding tert-OH is 6. The standard InChI is InChI=1S/C19H28O11/c20-6-5-10-1-3-11(4-2-10)29-17-15(24)14(23)13(22)12(30-17)7-27-18-16(25)19(26,8-21)9-28-18/h1-4,12-18,20-26H,5-9H2/t12-,13-,14+,15-,16+,17-,18+,19-/m1/s1. The van der Waals surface area contributed by atoms with Gasteiger partial charge < -0.3 is 54.7 Å². The van der Waals surface area contributed by atoms with Gasteiger partial charge in [0.25, 0.3) is 0 Å². The number of aliphatic hydroxyl groups is 7. The van der Waals surface area contributed by atoms with Gasteiger partial charge in [0.2, 0.25) is 6.29 Å². The molecule has 0 aliphatic carbocycles. The summed E-state index contributed by atoms with van der Waals surface area (Å²) in [4.78, 5) is 0. The van der Waals surface area contributed by atoms with Crippen molar-refractivity contribution < 1.29 is 54.7 Å². The molecule has 1 aromatic rings. The van der Waals surface area contributed by atoms with E-state index in [1.807, 2.05) is 0 Å². The smallest absolute Gasteiger partial charge is 0.229 e. The van der Waals surface area contributed by atoms with Gasteiger partial charge in [-0.1, -0.05) is 12.1 Å². The Morgan fingerprint density at radius 2 is 1.67 bits per heavy atom. The Bertz CT molecular complexity index is 671. The molecule has 3 rings (SSSR count). The zero-order valence-corrected chi connectivity index (χ0v) is 16.1. The quantitative estimate of drug-likeness (QED) is 0.221. The first-order chi connectivity index (χ1) is 14.3. The van der Waals surface area contributed by atoms with Gasteiger partial charge in [-0.3, -0.25) is 0 Å². The molecule has 2 heterocycles. The summed E-state index contributed by atoms with van der Waals surface area (Å²) < 4.78 is 21.6. The first kappa shape index (κ1) is 23.3. The molecule has 0 spiro atoms. The molecule has 1 aromatic carbocycles. The van der Waals surface area contributed by atoms with E-state index in [9.17, 15) is 25.5 Å². The summed E-state index contributed by atoms with van der Waals surface area (Å²) in [5.41, 5.74) is -0.977. The van der Waals surface area contributed by atoms with Crippen LogP contribution in [-0.4, -0.2) is 111 Å². The maximum atomic E-state index is 10.2. The SMILES string of the molecule is OCCc1ccc(O[C@@H]2O[C@H](CO[C@H]3OC[C@](O)(CO)[C@H]3O)[C@@H](O)[C@H](O)[C@H]2O)cc1. The van der Waals surface area contributed by atoms with Gasteiger partial charge in [-0.2, -0.15) is 0 Å². The van der Waals surface area contributed by atoms with E-state index in [4.69, 9.17) is 29.2 Å². The van der Waals surface area contributed by atoms with Crippen LogP contribution >= 0.6 is 0 Å². The van der Waals surface area contributed by atoms with Gasteiger partial charge >= 0.3 is 0 Å². The van der Waals surface area contributed by atoms with Crippen LogP contribution in [0.15, 0.2) is 24.3 Å². The van der Waals surface area contributed by atoms with E-state index in [2.05, 4.69) is 0 Å². The third kappa shape index (κ3) is 4.92. The number of benzene rings is 1. The highest BCUT2D eigenvalue weighted by atomic mass is 16.7. The van der Waals surface area contributed by atoms with Crippen LogP contribution in [0.5, 0.6) is 5.75 Å². The third-order valence-corrected chi connectivity index (χ3v) is 5.25. The van der Waals surface area contributed by atoms with Crippen LogP contribution in [0.2, 0.25) is 0 Å². The molecule has 0 bridgehead atoms. The number of ether oxygens (including phenoxy) is 4. The second-order valence-electron chi connectivity index (χ2n) is 7.47. The van der Waals surface area contributed by atoms with E-state index in [1.165, 1.54) is 0 Å². The molecule has 2 aliphatic heterocycles. The van der Waals surface area contributed by atoms with Crippen molar-refractivity contribution in [2.75, 3.05) is 26.4 Å². The summed E-state index contributed by atoms with van der Waals surface area (Å²) in [6.45, 7) is -1.42. The summed E-state index contributed by atoms with van der Waals surface area (Å²) in [7, 11) is 0. The molecule has 2 saturated heterocycles. The van der Waals surface area contributed by atoms with Crippen molar-refractivity contribution in [3.63, 3.8) is 0 Å². The number of hydrogen-bond donors (Lipinski definition) is 7. The van der Waals surface area contributed by atoms with Crippen molar-refractivity contribution in [2.45, 2.75) is 55.1 Å². The summed E-state index contributed by atoms with van der Waals surface area (Å²) >= 11 is 0. The summed E-state index contributed by atoms with van der Waals surface area (Å²) in [6.07, 6.45) is -9.42. The van der Waals surface area contributed by atoms with Gasteiger partial charge in [0.1, 0.15) is 41.9 Å². The molecule has 170 valence electrons. The van der Waals surface area contributed by atoms with E-state index in [-0.39, 0.29) is 19.8 Å². The van der Waals surface area contributed by atoms with Gasteiger partial charge in [-0.05, 0) is 24.1 Å². The Morgan fingerprint density at radius 1 is 0.967 bits per heavy atom. The Kier molecular flexibility index (Phi) is 7.63. The summed E-state index contributed by atoms with van der Waals surface area (Å²) in [6, 6.07) is 6.69. The molecule has 11 nitrogen and oxygen atoms in total. The summed E-state index contributed by atoms with van der Waals surface area (Å²) in [5, 5.41) is 68.6. The van der Waals surface area contributed by atoms with Crippen molar-refractivity contribution in [2.24, 2.45) is 0 Å². The average molecular weight is 432 g/mol. The van der Waals surface area contributed by atoms with E-state index in [0.29, 0.717) is 12.2 Å². The van der Waals surface area contributed by atoms with Crippen LogP contribution in [0.25, 0.3) is 0 Å². The van der Waals surface area contributed by atoms with E-state index >= 15 is 0 Å². The molecular weight excluding hydrogens is 404 g/mol. The predicted octanol–water partition coefficient (Wildman–Crippen LogP) is -3.13. The van der Waals surface area contributed by atoms with Crippen molar-refractivity contribution in [3.05, 3.63) is 29.8 Å². The average Bonchev–Trinajstić information content (AvgIpc) is 3.04. The third-order valence-electron chi connectivity index (χ3n) is 5.25. The molecule has 30 heavy (non-hydrogen) atoms.